The van der Waals surface area contributed by atoms with E-state index in [2.05, 4.69) is 85.0 Å². The molecule has 3 rings (SSSR count). The zero-order valence-corrected chi connectivity index (χ0v) is 17.5. The summed E-state index contributed by atoms with van der Waals surface area (Å²) in [4.78, 5) is 0. The summed E-state index contributed by atoms with van der Waals surface area (Å²) in [6, 6.07) is 30.0. The van der Waals surface area contributed by atoms with Gasteiger partial charge >= 0.3 is 0 Å². The Kier molecular flexibility index (Phi) is 7.45. The van der Waals surface area contributed by atoms with Crippen LogP contribution in [0, 0.1) is 0 Å². The minimum absolute atomic E-state index is 0.254. The Morgan fingerprint density at radius 3 is 1.79 bits per heavy atom. The fourth-order valence-electron chi connectivity index (χ4n) is 3.89. The van der Waals surface area contributed by atoms with E-state index in [0.29, 0.717) is 0 Å². The summed E-state index contributed by atoms with van der Waals surface area (Å²) in [5.74, 6) is 0.862. The van der Waals surface area contributed by atoms with Gasteiger partial charge in [0, 0.05) is 6.04 Å². The molecule has 1 atom stereocenters. The first-order valence-electron chi connectivity index (χ1n) is 10.4. The molecule has 0 amide bonds. The smallest absolute Gasteiger partial charge is 0.118 e. The van der Waals surface area contributed by atoms with Crippen LogP contribution in [-0.2, 0) is 5.54 Å². The van der Waals surface area contributed by atoms with Crippen LogP contribution in [0.1, 0.15) is 42.9 Å². The lowest BCUT2D eigenvalue weighted by atomic mass is 9.77. The molecule has 3 nitrogen and oxygen atoms in total. The average molecular weight is 389 g/mol. The molecule has 0 heterocycles. The molecule has 3 N–H and O–H groups in total. The van der Waals surface area contributed by atoms with Crippen molar-refractivity contribution in [3.8, 4) is 5.75 Å². The first kappa shape index (κ1) is 21.1. The predicted octanol–water partition coefficient (Wildman–Crippen LogP) is 5.09. The van der Waals surface area contributed by atoms with Gasteiger partial charge in [-0.1, -0.05) is 79.2 Å². The summed E-state index contributed by atoms with van der Waals surface area (Å²) in [6.45, 7) is 2.98. The van der Waals surface area contributed by atoms with E-state index in [1.165, 1.54) is 16.7 Å². The minimum atomic E-state index is -0.427. The van der Waals surface area contributed by atoms with Gasteiger partial charge in [0.25, 0.3) is 0 Å². The number of nitrogens with one attached hydrogen (secondary N) is 1. The number of ether oxygens (including phenoxy) is 1. The van der Waals surface area contributed by atoms with Crippen LogP contribution < -0.4 is 15.8 Å². The van der Waals surface area contributed by atoms with Crippen molar-refractivity contribution in [2.45, 2.75) is 37.8 Å². The van der Waals surface area contributed by atoms with Crippen molar-refractivity contribution in [3.05, 3.63) is 102 Å². The van der Waals surface area contributed by atoms with Crippen molar-refractivity contribution >= 4 is 0 Å². The fraction of sp³-hybridized carbons (Fsp3) is 0.308. The molecule has 0 aliphatic rings. The van der Waals surface area contributed by atoms with Gasteiger partial charge in [-0.3, -0.25) is 5.32 Å². The fourth-order valence-corrected chi connectivity index (χ4v) is 3.89. The molecule has 0 radical (unpaired) electrons. The van der Waals surface area contributed by atoms with Crippen LogP contribution in [0.25, 0.3) is 0 Å². The molecule has 0 aliphatic heterocycles. The number of methoxy groups -OCH3 is 1. The van der Waals surface area contributed by atoms with E-state index in [4.69, 9.17) is 10.5 Å². The third kappa shape index (κ3) is 5.06. The summed E-state index contributed by atoms with van der Waals surface area (Å²) < 4.78 is 5.40. The van der Waals surface area contributed by atoms with E-state index in [1.54, 1.807) is 7.11 Å². The first-order chi connectivity index (χ1) is 14.2. The quantitative estimate of drug-likeness (QED) is 0.375. The highest BCUT2D eigenvalue weighted by Crippen LogP contribution is 2.37. The van der Waals surface area contributed by atoms with Gasteiger partial charge in [0.2, 0.25) is 0 Å². The van der Waals surface area contributed by atoms with Crippen LogP contribution in [0.4, 0.5) is 0 Å². The van der Waals surface area contributed by atoms with E-state index in [9.17, 15) is 0 Å². The molecular weight excluding hydrogens is 356 g/mol. The Balaban J connectivity index is 2.03. The predicted molar refractivity (Wildman–Crippen MR) is 121 cm³/mol. The maximum atomic E-state index is 5.93. The molecule has 0 saturated heterocycles. The molecule has 0 aromatic heterocycles. The zero-order valence-electron chi connectivity index (χ0n) is 17.5. The van der Waals surface area contributed by atoms with Gasteiger partial charge < -0.3 is 10.5 Å². The van der Waals surface area contributed by atoms with Gasteiger partial charge in [0.15, 0.2) is 0 Å². The third-order valence-corrected chi connectivity index (χ3v) is 5.41. The second kappa shape index (κ2) is 10.2. The average Bonchev–Trinajstić information content (AvgIpc) is 2.77. The summed E-state index contributed by atoms with van der Waals surface area (Å²) in [5.41, 5.74) is 9.15. The second-order valence-corrected chi connectivity index (χ2v) is 7.61. The number of hydrogen-bond donors (Lipinski definition) is 2. The molecule has 3 aromatic carbocycles. The molecule has 0 saturated carbocycles. The highest BCUT2D eigenvalue weighted by Gasteiger charge is 2.35. The van der Waals surface area contributed by atoms with Crippen molar-refractivity contribution < 1.29 is 4.74 Å². The minimum Gasteiger partial charge on any atom is -0.497 e. The lowest BCUT2D eigenvalue weighted by Gasteiger charge is -2.37. The largest absolute Gasteiger partial charge is 0.497 e. The van der Waals surface area contributed by atoms with Gasteiger partial charge in [-0.25, -0.2) is 0 Å². The Bertz CT molecular complexity index is 805. The van der Waals surface area contributed by atoms with Gasteiger partial charge in [0.05, 0.1) is 12.6 Å². The number of nitrogens with two attached hydrogens (primary N) is 1. The summed E-state index contributed by atoms with van der Waals surface area (Å²) in [7, 11) is 1.70. The van der Waals surface area contributed by atoms with Gasteiger partial charge in [-0.05, 0) is 55.1 Å². The molecule has 29 heavy (non-hydrogen) atoms. The standard InChI is InChI=1S/C26H32N2O/c1-21(27)11-9-10-20-28-26(22-12-5-3-6-13-22,23-14-7-4-8-15-23)24-16-18-25(29-2)19-17-24/h3-8,12-19,21,28H,9-11,20,27H2,1-2H3/t21-/m1/s1. The van der Waals surface area contributed by atoms with Crippen LogP contribution in [0.2, 0.25) is 0 Å². The van der Waals surface area contributed by atoms with Crippen molar-refractivity contribution in [1.29, 1.82) is 0 Å². The highest BCUT2D eigenvalue weighted by molar-refractivity contribution is 5.50. The molecule has 3 heteroatoms. The summed E-state index contributed by atoms with van der Waals surface area (Å²) in [6.07, 6.45) is 3.25. The second-order valence-electron chi connectivity index (χ2n) is 7.61. The van der Waals surface area contributed by atoms with Crippen molar-refractivity contribution in [2.24, 2.45) is 5.73 Å². The van der Waals surface area contributed by atoms with Gasteiger partial charge in [0.1, 0.15) is 5.75 Å². The monoisotopic (exact) mass is 388 g/mol. The molecule has 0 spiro atoms. The van der Waals surface area contributed by atoms with E-state index < -0.39 is 5.54 Å². The van der Waals surface area contributed by atoms with Crippen LogP contribution in [-0.4, -0.2) is 19.7 Å². The normalized spacial score (nSPS) is 12.5. The van der Waals surface area contributed by atoms with E-state index in [1.807, 2.05) is 12.1 Å². The zero-order chi connectivity index (χ0) is 20.5. The van der Waals surface area contributed by atoms with Gasteiger partial charge in [-0.15, -0.1) is 0 Å². The van der Waals surface area contributed by atoms with Crippen LogP contribution in [0.5, 0.6) is 5.75 Å². The molecule has 0 bridgehead atoms. The lowest BCUT2D eigenvalue weighted by molar-refractivity contribution is 0.413. The maximum absolute atomic E-state index is 5.93. The van der Waals surface area contributed by atoms with Crippen LogP contribution in [0.15, 0.2) is 84.9 Å². The first-order valence-corrected chi connectivity index (χ1v) is 10.4. The molecule has 0 aliphatic carbocycles. The summed E-state index contributed by atoms with van der Waals surface area (Å²) >= 11 is 0. The Morgan fingerprint density at radius 2 is 1.31 bits per heavy atom. The summed E-state index contributed by atoms with van der Waals surface area (Å²) in [5, 5.41) is 3.91. The number of unbranched alkanes of at least 4 members (excludes halogenated alkanes) is 1. The number of benzene rings is 3. The van der Waals surface area contributed by atoms with Crippen LogP contribution >= 0.6 is 0 Å². The number of rotatable bonds is 10. The molecule has 0 fully saturated rings. The maximum Gasteiger partial charge on any atom is 0.118 e. The van der Waals surface area contributed by atoms with E-state index >= 15 is 0 Å². The Hall–Kier alpha value is -2.62. The van der Waals surface area contributed by atoms with Crippen molar-refractivity contribution in [3.63, 3.8) is 0 Å². The number of hydrogen-bond acceptors (Lipinski definition) is 3. The Labute approximate surface area is 174 Å². The van der Waals surface area contributed by atoms with Crippen molar-refractivity contribution in [2.75, 3.05) is 13.7 Å². The Morgan fingerprint density at radius 1 is 0.793 bits per heavy atom. The van der Waals surface area contributed by atoms with Gasteiger partial charge in [-0.2, -0.15) is 0 Å². The molecule has 152 valence electrons. The molecular formula is C26H32N2O. The highest BCUT2D eigenvalue weighted by atomic mass is 16.5. The van der Waals surface area contributed by atoms with Crippen LogP contribution in [0.3, 0.4) is 0 Å². The lowest BCUT2D eigenvalue weighted by Crippen LogP contribution is -2.45. The SMILES string of the molecule is COc1ccc(C(NCCCC[C@@H](C)N)(c2ccccc2)c2ccccc2)cc1. The molecule has 0 unspecified atom stereocenters. The molecule has 3 aromatic rings. The van der Waals surface area contributed by atoms with E-state index in [-0.39, 0.29) is 6.04 Å². The third-order valence-electron chi connectivity index (χ3n) is 5.41. The van der Waals surface area contributed by atoms with Crippen molar-refractivity contribution in [1.82, 2.24) is 5.32 Å². The van der Waals surface area contributed by atoms with E-state index in [0.717, 1.165) is 31.6 Å². The topological polar surface area (TPSA) is 47.3 Å².